The van der Waals surface area contributed by atoms with Crippen LogP contribution in [0, 0.1) is 0 Å². The normalized spacial score (nSPS) is 12.6. The minimum Gasteiger partial charge on any atom is -0.458 e. The van der Waals surface area contributed by atoms with Gasteiger partial charge in [-0.2, -0.15) is 0 Å². The first-order valence-corrected chi connectivity index (χ1v) is 6.29. The zero-order chi connectivity index (χ0) is 15.2. The highest BCUT2D eigenvalue weighted by molar-refractivity contribution is 5.98. The Morgan fingerprint density at radius 2 is 1.70 bits per heavy atom. The van der Waals surface area contributed by atoms with Crippen LogP contribution in [0.3, 0.4) is 0 Å². The van der Waals surface area contributed by atoms with Crippen molar-refractivity contribution in [3.05, 3.63) is 35.9 Å². The van der Waals surface area contributed by atoms with Crippen LogP contribution in [-0.2, 0) is 30.4 Å². The van der Waals surface area contributed by atoms with Crippen LogP contribution < -0.4 is 0 Å². The van der Waals surface area contributed by atoms with E-state index in [1.807, 2.05) is 30.3 Å². The van der Waals surface area contributed by atoms with Gasteiger partial charge in [-0.25, -0.2) is 9.59 Å². The highest BCUT2D eigenvalue weighted by atomic mass is 16.6. The van der Waals surface area contributed by atoms with Crippen LogP contribution in [0.15, 0.2) is 30.3 Å². The SMILES string of the molecule is COC(C(=O)OCc1ccccc1)C(=O)OC(C)(C)C. The number of hydrogen-bond acceptors (Lipinski definition) is 5. The van der Waals surface area contributed by atoms with Gasteiger partial charge in [-0.3, -0.25) is 0 Å². The third-order valence-corrected chi connectivity index (χ3v) is 2.29. The second-order valence-electron chi connectivity index (χ2n) is 5.24. The summed E-state index contributed by atoms with van der Waals surface area (Å²) in [5, 5.41) is 0. The summed E-state index contributed by atoms with van der Waals surface area (Å²) in [4.78, 5) is 23.6. The van der Waals surface area contributed by atoms with Crippen LogP contribution in [0.2, 0.25) is 0 Å². The van der Waals surface area contributed by atoms with Gasteiger partial charge >= 0.3 is 11.9 Å². The summed E-state index contributed by atoms with van der Waals surface area (Å²) in [6, 6.07) is 9.19. The van der Waals surface area contributed by atoms with Gasteiger partial charge in [0.05, 0.1) is 0 Å². The number of ether oxygens (including phenoxy) is 3. The molecular formula is C15H20O5. The molecule has 0 spiro atoms. The van der Waals surface area contributed by atoms with E-state index in [4.69, 9.17) is 14.2 Å². The minimum atomic E-state index is -1.36. The molecule has 5 heteroatoms. The summed E-state index contributed by atoms with van der Waals surface area (Å²) in [6.45, 7) is 5.23. The topological polar surface area (TPSA) is 61.8 Å². The number of benzene rings is 1. The van der Waals surface area contributed by atoms with E-state index in [9.17, 15) is 9.59 Å². The molecule has 1 atom stereocenters. The first-order valence-electron chi connectivity index (χ1n) is 6.29. The molecule has 110 valence electrons. The maximum atomic E-state index is 11.8. The van der Waals surface area contributed by atoms with Crippen LogP contribution in [0.5, 0.6) is 0 Å². The zero-order valence-electron chi connectivity index (χ0n) is 12.2. The maximum Gasteiger partial charge on any atom is 0.347 e. The summed E-state index contributed by atoms with van der Waals surface area (Å²) in [5.74, 6) is -1.51. The van der Waals surface area contributed by atoms with Crippen LogP contribution in [0.1, 0.15) is 26.3 Å². The summed E-state index contributed by atoms with van der Waals surface area (Å²) in [6.07, 6.45) is -1.36. The monoisotopic (exact) mass is 280 g/mol. The van der Waals surface area contributed by atoms with E-state index < -0.39 is 23.6 Å². The number of esters is 2. The van der Waals surface area contributed by atoms with Gasteiger partial charge in [-0.15, -0.1) is 0 Å². The fourth-order valence-electron chi connectivity index (χ4n) is 1.45. The molecule has 0 aromatic heterocycles. The van der Waals surface area contributed by atoms with Gasteiger partial charge in [0.1, 0.15) is 12.2 Å². The lowest BCUT2D eigenvalue weighted by molar-refractivity contribution is -0.178. The molecule has 1 aromatic rings. The molecule has 0 radical (unpaired) electrons. The molecule has 5 nitrogen and oxygen atoms in total. The van der Waals surface area contributed by atoms with Crippen LogP contribution >= 0.6 is 0 Å². The molecule has 0 aliphatic heterocycles. The fraction of sp³-hybridized carbons (Fsp3) is 0.467. The smallest absolute Gasteiger partial charge is 0.347 e. The molecule has 20 heavy (non-hydrogen) atoms. The van der Waals surface area contributed by atoms with Gasteiger partial charge in [0, 0.05) is 7.11 Å². The van der Waals surface area contributed by atoms with E-state index in [1.54, 1.807) is 20.8 Å². The van der Waals surface area contributed by atoms with Crippen molar-refractivity contribution >= 4 is 11.9 Å². The van der Waals surface area contributed by atoms with Gasteiger partial charge in [-0.1, -0.05) is 30.3 Å². The van der Waals surface area contributed by atoms with Crippen molar-refractivity contribution in [3.8, 4) is 0 Å². The Bertz CT molecular complexity index is 447. The second kappa shape index (κ2) is 7.05. The van der Waals surface area contributed by atoms with Crippen molar-refractivity contribution in [2.45, 2.75) is 39.1 Å². The average Bonchev–Trinajstić information content (AvgIpc) is 2.36. The number of rotatable bonds is 5. The van der Waals surface area contributed by atoms with Crippen molar-refractivity contribution in [1.82, 2.24) is 0 Å². The molecule has 0 fully saturated rings. The molecule has 0 bridgehead atoms. The Labute approximate surface area is 118 Å². The molecule has 0 aliphatic rings. The lowest BCUT2D eigenvalue weighted by Gasteiger charge is -2.22. The van der Waals surface area contributed by atoms with Crippen LogP contribution in [-0.4, -0.2) is 30.8 Å². The summed E-state index contributed by atoms with van der Waals surface area (Å²) in [7, 11) is 1.26. The first-order chi connectivity index (χ1) is 9.33. The standard InChI is InChI=1S/C15H20O5/c1-15(2,3)20-14(17)12(18-4)13(16)19-10-11-8-6-5-7-9-11/h5-9,12H,10H2,1-4H3. The first kappa shape index (κ1) is 16.2. The molecule has 1 unspecified atom stereocenters. The number of methoxy groups -OCH3 is 1. The Morgan fingerprint density at radius 3 is 2.20 bits per heavy atom. The second-order valence-corrected chi connectivity index (χ2v) is 5.24. The molecule has 0 aliphatic carbocycles. The third kappa shape index (κ3) is 5.40. The van der Waals surface area contributed by atoms with Gasteiger partial charge < -0.3 is 14.2 Å². The molecule has 0 heterocycles. The molecule has 1 rings (SSSR count). The number of carbonyl (C=O) groups excluding carboxylic acids is 2. The predicted octanol–water partition coefficient (Wildman–Crippen LogP) is 2.09. The number of hydrogen-bond donors (Lipinski definition) is 0. The molecule has 0 amide bonds. The predicted molar refractivity (Wildman–Crippen MR) is 72.9 cm³/mol. The van der Waals surface area contributed by atoms with E-state index in [0.29, 0.717) is 0 Å². The van der Waals surface area contributed by atoms with Crippen molar-refractivity contribution in [1.29, 1.82) is 0 Å². The highest BCUT2D eigenvalue weighted by Crippen LogP contribution is 2.11. The fourth-order valence-corrected chi connectivity index (χ4v) is 1.45. The molecule has 0 saturated carbocycles. The van der Waals surface area contributed by atoms with Crippen molar-refractivity contribution in [3.63, 3.8) is 0 Å². The van der Waals surface area contributed by atoms with Crippen molar-refractivity contribution < 1.29 is 23.8 Å². The number of carbonyl (C=O) groups is 2. The largest absolute Gasteiger partial charge is 0.458 e. The average molecular weight is 280 g/mol. The van der Waals surface area contributed by atoms with Gasteiger partial charge in [0.2, 0.25) is 0 Å². The van der Waals surface area contributed by atoms with E-state index in [1.165, 1.54) is 7.11 Å². The van der Waals surface area contributed by atoms with E-state index in [2.05, 4.69) is 0 Å². The molecule has 1 aromatic carbocycles. The van der Waals surface area contributed by atoms with Gasteiger partial charge in [0.15, 0.2) is 0 Å². The zero-order valence-corrected chi connectivity index (χ0v) is 12.2. The summed E-state index contributed by atoms with van der Waals surface area (Å²) < 4.78 is 15.0. The molecule has 0 saturated heterocycles. The van der Waals surface area contributed by atoms with Gasteiger partial charge in [-0.05, 0) is 26.3 Å². The lowest BCUT2D eigenvalue weighted by Crippen LogP contribution is -2.39. The quantitative estimate of drug-likeness (QED) is 0.610. The van der Waals surface area contributed by atoms with Gasteiger partial charge in [0.25, 0.3) is 6.10 Å². The van der Waals surface area contributed by atoms with E-state index >= 15 is 0 Å². The summed E-state index contributed by atoms with van der Waals surface area (Å²) >= 11 is 0. The minimum absolute atomic E-state index is 0.0856. The van der Waals surface area contributed by atoms with E-state index in [0.717, 1.165) is 5.56 Å². The van der Waals surface area contributed by atoms with E-state index in [-0.39, 0.29) is 6.61 Å². The molecular weight excluding hydrogens is 260 g/mol. The molecule has 0 N–H and O–H groups in total. The Kier molecular flexibility index (Phi) is 5.70. The Hall–Kier alpha value is -1.88. The highest BCUT2D eigenvalue weighted by Gasteiger charge is 2.32. The van der Waals surface area contributed by atoms with Crippen molar-refractivity contribution in [2.75, 3.05) is 7.11 Å². The summed E-state index contributed by atoms with van der Waals surface area (Å²) in [5.41, 5.74) is 0.146. The van der Waals surface area contributed by atoms with Crippen LogP contribution in [0.4, 0.5) is 0 Å². The van der Waals surface area contributed by atoms with Crippen LogP contribution in [0.25, 0.3) is 0 Å². The Morgan fingerprint density at radius 1 is 1.10 bits per heavy atom. The third-order valence-electron chi connectivity index (χ3n) is 2.29. The lowest BCUT2D eigenvalue weighted by atomic mass is 10.2. The Balaban J connectivity index is 2.57. The van der Waals surface area contributed by atoms with Crippen molar-refractivity contribution in [2.24, 2.45) is 0 Å². The maximum absolute atomic E-state index is 11.8.